The van der Waals surface area contributed by atoms with E-state index < -0.39 is 36.3 Å². The lowest BCUT2D eigenvalue weighted by molar-refractivity contribution is 0.508. The number of aryl methyl sites for hydroxylation is 1. The molecule has 7 nitrogen and oxygen atoms in total. The van der Waals surface area contributed by atoms with Gasteiger partial charge in [-0.15, -0.1) is 0 Å². The highest BCUT2D eigenvalue weighted by molar-refractivity contribution is 6.53. The van der Waals surface area contributed by atoms with Gasteiger partial charge < -0.3 is 4.65 Å². The molecule has 0 saturated heterocycles. The summed E-state index contributed by atoms with van der Waals surface area (Å²) in [6, 6.07) is 24.4. The standard InChI is InChI=1S/C39H18BF5N6O/c1-17-10-24-25(14-28(17)41)36-47-34-22-12-29(42)30(43)13-23(22)35(46-34)48-37-26-15-31(44)32(45)16-27(26)39-49-38(24)50(36)40(51(37)39)52-33-20-8-4-2-6-18(20)11-19-7-3-5-9-21(19)33/h2-16H,1H3. The Morgan fingerprint density at radius 1 is 0.500 bits per heavy atom. The molecule has 3 aliphatic rings. The van der Waals surface area contributed by atoms with Gasteiger partial charge in [0.25, 0.3) is 0 Å². The van der Waals surface area contributed by atoms with Crippen molar-refractivity contribution in [2.75, 3.05) is 0 Å². The number of benzene rings is 6. The van der Waals surface area contributed by atoms with Crippen LogP contribution in [0.4, 0.5) is 33.6 Å². The van der Waals surface area contributed by atoms with Crippen molar-refractivity contribution in [3.8, 4) is 5.75 Å². The summed E-state index contributed by atoms with van der Waals surface area (Å²) in [6.45, 7) is 1.62. The molecule has 6 aromatic carbocycles. The highest BCUT2D eigenvalue weighted by atomic mass is 19.2. The number of hydrogen-bond donors (Lipinski definition) is 0. The Kier molecular flexibility index (Phi) is 5.60. The van der Waals surface area contributed by atoms with Gasteiger partial charge in [0.15, 0.2) is 34.9 Å². The van der Waals surface area contributed by atoms with Gasteiger partial charge in [0.05, 0.1) is 0 Å². The lowest BCUT2D eigenvalue weighted by atomic mass is 9.96. The van der Waals surface area contributed by atoms with Crippen molar-refractivity contribution in [2.45, 2.75) is 6.92 Å². The summed E-state index contributed by atoms with van der Waals surface area (Å²) in [4.78, 5) is 19.3. The molecule has 248 valence electrons. The van der Waals surface area contributed by atoms with Crippen molar-refractivity contribution < 1.29 is 26.6 Å². The number of hydrogen-bond acceptors (Lipinski definition) is 5. The van der Waals surface area contributed by atoms with E-state index in [0.29, 0.717) is 27.9 Å². The maximum absolute atomic E-state index is 15.5. The highest BCUT2D eigenvalue weighted by Crippen LogP contribution is 2.43. The summed E-state index contributed by atoms with van der Waals surface area (Å²) in [5.74, 6) is -4.14. The monoisotopic (exact) mass is 692 g/mol. The van der Waals surface area contributed by atoms with Crippen LogP contribution in [0.25, 0.3) is 43.1 Å². The Morgan fingerprint density at radius 3 is 1.67 bits per heavy atom. The fourth-order valence-electron chi connectivity index (χ4n) is 7.60. The van der Waals surface area contributed by atoms with Gasteiger partial charge >= 0.3 is 7.19 Å². The minimum atomic E-state index is -1.22. The number of aromatic nitrogens is 2. The molecule has 13 heteroatoms. The Morgan fingerprint density at radius 2 is 1.02 bits per heavy atom. The summed E-state index contributed by atoms with van der Waals surface area (Å²) < 4.78 is 85.7. The number of nitrogens with zero attached hydrogens (tertiary/aromatic N) is 6. The van der Waals surface area contributed by atoms with Crippen LogP contribution in [-0.4, -0.2) is 27.8 Å². The molecule has 8 aromatic rings. The Labute approximate surface area is 289 Å². The molecule has 0 radical (unpaired) electrons. The van der Waals surface area contributed by atoms with Gasteiger partial charge in [-0.25, -0.2) is 41.9 Å². The number of fused-ring (bicyclic) bond motifs is 12. The largest absolute Gasteiger partial charge is 0.633 e. The van der Waals surface area contributed by atoms with Crippen molar-refractivity contribution in [2.24, 2.45) is 20.0 Å². The van der Waals surface area contributed by atoms with Gasteiger partial charge in [0.1, 0.15) is 34.2 Å². The normalized spacial score (nSPS) is 14.1. The number of amidine groups is 2. The zero-order valence-electron chi connectivity index (χ0n) is 26.7. The van der Waals surface area contributed by atoms with E-state index in [1.54, 1.807) is 21.9 Å². The topological polar surface area (TPSA) is 68.5 Å². The Hall–Kier alpha value is -6.63. The van der Waals surface area contributed by atoms with Gasteiger partial charge in [-0.2, -0.15) is 0 Å². The van der Waals surface area contributed by atoms with Gasteiger partial charge in [-0.3, -0.25) is 8.96 Å². The van der Waals surface area contributed by atoms with Gasteiger partial charge in [0.2, 0.25) is 0 Å². The van der Waals surface area contributed by atoms with E-state index in [-0.39, 0.29) is 50.4 Å². The summed E-state index contributed by atoms with van der Waals surface area (Å²) >= 11 is 0. The van der Waals surface area contributed by atoms with Gasteiger partial charge in [-0.05, 0) is 65.7 Å². The first-order valence-corrected chi connectivity index (χ1v) is 16.3. The molecular weight excluding hydrogens is 674 g/mol. The molecule has 3 aliphatic heterocycles. The predicted molar refractivity (Wildman–Crippen MR) is 188 cm³/mol. The van der Waals surface area contributed by atoms with Crippen molar-refractivity contribution in [3.05, 3.63) is 148 Å². The van der Waals surface area contributed by atoms with E-state index >= 15 is 13.2 Å². The van der Waals surface area contributed by atoms with Crippen LogP contribution in [0.2, 0.25) is 0 Å². The minimum absolute atomic E-state index is 0.0162. The van der Waals surface area contributed by atoms with Crippen LogP contribution in [-0.2, 0) is 0 Å². The smallest absolute Gasteiger partial charge is 0.521 e. The molecule has 0 atom stereocenters. The molecule has 0 saturated carbocycles. The predicted octanol–water partition coefficient (Wildman–Crippen LogP) is 8.10. The van der Waals surface area contributed by atoms with Crippen LogP contribution in [0, 0.1) is 36.0 Å². The lowest BCUT2D eigenvalue weighted by Crippen LogP contribution is -2.52. The van der Waals surface area contributed by atoms with Crippen molar-refractivity contribution in [1.29, 1.82) is 0 Å². The van der Waals surface area contributed by atoms with Crippen LogP contribution < -0.4 is 15.6 Å². The number of aliphatic imine (C=N–C) groups is 2. The minimum Gasteiger partial charge on any atom is -0.521 e. The zero-order chi connectivity index (χ0) is 35.2. The second-order valence-corrected chi connectivity index (χ2v) is 13.0. The summed E-state index contributed by atoms with van der Waals surface area (Å²) in [5, 5.41) is 4.56. The maximum atomic E-state index is 15.5. The van der Waals surface area contributed by atoms with Crippen molar-refractivity contribution in [1.82, 2.24) is 8.96 Å². The van der Waals surface area contributed by atoms with Gasteiger partial charge in [0, 0.05) is 43.4 Å². The van der Waals surface area contributed by atoms with Crippen LogP contribution in [0.3, 0.4) is 0 Å². The quantitative estimate of drug-likeness (QED) is 0.103. The third-order valence-corrected chi connectivity index (χ3v) is 10.0. The van der Waals surface area contributed by atoms with Crippen molar-refractivity contribution >= 4 is 73.6 Å². The molecule has 0 aliphatic carbocycles. The lowest BCUT2D eigenvalue weighted by Gasteiger charge is -2.24. The molecule has 5 heterocycles. The first-order valence-electron chi connectivity index (χ1n) is 16.3. The summed E-state index contributed by atoms with van der Waals surface area (Å²) in [5.41, 5.74) is 0.843. The first kappa shape index (κ1) is 29.1. The van der Waals surface area contributed by atoms with E-state index in [9.17, 15) is 8.78 Å². The van der Waals surface area contributed by atoms with Gasteiger partial charge in [-0.1, -0.05) is 48.5 Å². The fraction of sp³-hybridized carbons (Fsp3) is 0.0256. The van der Waals surface area contributed by atoms with E-state index in [1.165, 1.54) is 6.07 Å². The molecule has 11 rings (SSSR count). The van der Waals surface area contributed by atoms with E-state index in [0.717, 1.165) is 45.8 Å². The molecule has 0 unspecified atom stereocenters. The molecule has 0 amide bonds. The third-order valence-electron chi connectivity index (χ3n) is 10.0. The first-order chi connectivity index (χ1) is 25.2. The average Bonchev–Trinajstić information content (AvgIpc) is 3.72. The van der Waals surface area contributed by atoms with E-state index in [4.69, 9.17) is 19.6 Å². The zero-order valence-corrected chi connectivity index (χ0v) is 26.7. The Bertz CT molecular complexity index is 3150. The van der Waals surface area contributed by atoms with E-state index in [2.05, 4.69) is 11.1 Å². The molecule has 0 N–H and O–H groups in total. The molecule has 4 bridgehead atoms. The SMILES string of the molecule is Cc1cc2c3n4c(c2cc1F)N=C1N=C(N=c2c5cc(F)c(F)cc5c(n2B4Oc2c4ccccc4cc4ccccc24)=N3)c2cc(F)c(F)cc21. The third kappa shape index (κ3) is 3.79. The highest BCUT2D eigenvalue weighted by Gasteiger charge is 2.41. The molecule has 0 spiro atoms. The Balaban J connectivity index is 1.36. The second kappa shape index (κ2) is 10.00. The van der Waals surface area contributed by atoms with Crippen LogP contribution in [0.5, 0.6) is 5.75 Å². The fourth-order valence-corrected chi connectivity index (χ4v) is 7.60. The number of halogens is 5. The molecule has 2 aromatic heterocycles. The number of rotatable bonds is 2. The van der Waals surface area contributed by atoms with Crippen LogP contribution in [0.1, 0.15) is 16.7 Å². The summed E-state index contributed by atoms with van der Waals surface area (Å²) in [6.07, 6.45) is 0. The average molecular weight is 692 g/mol. The maximum Gasteiger partial charge on any atom is 0.633 e. The second-order valence-electron chi connectivity index (χ2n) is 13.0. The van der Waals surface area contributed by atoms with Crippen molar-refractivity contribution in [3.63, 3.8) is 0 Å². The molecule has 52 heavy (non-hydrogen) atoms. The molecular formula is C39H18BF5N6O. The van der Waals surface area contributed by atoms with Crippen LogP contribution >= 0.6 is 0 Å². The van der Waals surface area contributed by atoms with Crippen LogP contribution in [0.15, 0.2) is 111 Å². The molecule has 0 fully saturated rings. The summed E-state index contributed by atoms with van der Waals surface area (Å²) in [7, 11) is -1.22. The van der Waals surface area contributed by atoms with E-state index in [1.807, 2.05) is 48.5 Å².